The lowest BCUT2D eigenvalue weighted by Crippen LogP contribution is -2.40. The number of aliphatic hydroxyl groups is 1. The van der Waals surface area contributed by atoms with Crippen LogP contribution in [0.3, 0.4) is 0 Å². The number of aryl methyl sites for hydroxylation is 1. The number of urea groups is 1. The van der Waals surface area contributed by atoms with E-state index in [-0.39, 0.29) is 12.1 Å². The molecule has 1 aliphatic rings. The second-order valence-electron chi connectivity index (χ2n) is 6.59. The average Bonchev–Trinajstić information content (AvgIpc) is 2.51. The van der Waals surface area contributed by atoms with Crippen molar-refractivity contribution >= 4 is 6.03 Å². The lowest BCUT2D eigenvalue weighted by molar-refractivity contribution is 0.101. The van der Waals surface area contributed by atoms with Gasteiger partial charge in [0.15, 0.2) is 0 Å². The molecule has 2 rings (SSSR count). The van der Waals surface area contributed by atoms with Gasteiger partial charge in [-0.05, 0) is 43.6 Å². The van der Waals surface area contributed by atoms with Crippen LogP contribution in [0.2, 0.25) is 0 Å². The fourth-order valence-electron chi connectivity index (χ4n) is 3.01. The molecule has 1 saturated carbocycles. The molecule has 0 spiro atoms. The minimum atomic E-state index is -0.190. The summed E-state index contributed by atoms with van der Waals surface area (Å²) in [7, 11) is 0. The van der Waals surface area contributed by atoms with Crippen LogP contribution in [0.1, 0.15) is 49.7 Å². The first-order valence-corrected chi connectivity index (χ1v) is 8.31. The van der Waals surface area contributed by atoms with Crippen LogP contribution in [0, 0.1) is 12.8 Å². The van der Waals surface area contributed by atoms with Gasteiger partial charge in [-0.15, -0.1) is 0 Å². The molecule has 1 aromatic carbocycles. The minimum Gasteiger partial charge on any atom is -0.393 e. The molecule has 3 N–H and O–H groups in total. The Kier molecular flexibility index (Phi) is 6.25. The van der Waals surface area contributed by atoms with E-state index < -0.39 is 0 Å². The largest absolute Gasteiger partial charge is 0.393 e. The topological polar surface area (TPSA) is 61.4 Å². The zero-order chi connectivity index (χ0) is 15.9. The molecule has 1 aliphatic carbocycles. The van der Waals surface area contributed by atoms with Gasteiger partial charge in [0.25, 0.3) is 0 Å². The van der Waals surface area contributed by atoms with Gasteiger partial charge in [0, 0.05) is 13.1 Å². The molecule has 0 saturated heterocycles. The molecule has 3 atom stereocenters. The fourth-order valence-corrected chi connectivity index (χ4v) is 3.01. The summed E-state index contributed by atoms with van der Waals surface area (Å²) in [5.41, 5.74) is 2.48. The SMILES string of the molecule is Cc1ccc(C(C)CNC(=O)NCC2CCCC(O)C2)cc1. The third-order valence-corrected chi connectivity index (χ3v) is 4.52. The molecule has 122 valence electrons. The maximum atomic E-state index is 11.9. The van der Waals surface area contributed by atoms with Crippen LogP contribution in [-0.2, 0) is 0 Å². The Hall–Kier alpha value is -1.55. The third kappa shape index (κ3) is 5.34. The van der Waals surface area contributed by atoms with Gasteiger partial charge in [-0.1, -0.05) is 43.2 Å². The number of nitrogens with one attached hydrogen (secondary N) is 2. The zero-order valence-corrected chi connectivity index (χ0v) is 13.6. The highest BCUT2D eigenvalue weighted by molar-refractivity contribution is 5.73. The summed E-state index contributed by atoms with van der Waals surface area (Å²) in [6.45, 7) is 5.47. The summed E-state index contributed by atoms with van der Waals surface area (Å²) in [6.07, 6.45) is 3.67. The molecule has 0 heterocycles. The number of carbonyl (C=O) groups excluding carboxylic acids is 1. The van der Waals surface area contributed by atoms with E-state index in [1.807, 2.05) is 0 Å². The van der Waals surface area contributed by atoms with E-state index in [2.05, 4.69) is 48.7 Å². The Morgan fingerprint density at radius 2 is 2.00 bits per heavy atom. The summed E-state index contributed by atoms with van der Waals surface area (Å²) < 4.78 is 0. The molecule has 1 fully saturated rings. The van der Waals surface area contributed by atoms with Crippen molar-refractivity contribution in [3.05, 3.63) is 35.4 Å². The standard InChI is InChI=1S/C18H28N2O2/c1-13-6-8-16(9-7-13)14(2)11-19-18(22)20-12-15-4-3-5-17(21)10-15/h6-9,14-15,17,21H,3-5,10-12H2,1-2H3,(H2,19,20,22). The second-order valence-corrected chi connectivity index (χ2v) is 6.59. The highest BCUT2D eigenvalue weighted by atomic mass is 16.3. The van der Waals surface area contributed by atoms with E-state index >= 15 is 0 Å². The molecule has 4 heteroatoms. The minimum absolute atomic E-state index is 0.112. The molecule has 0 bridgehead atoms. The maximum absolute atomic E-state index is 11.9. The first kappa shape index (κ1) is 16.8. The van der Waals surface area contributed by atoms with Gasteiger partial charge in [0.2, 0.25) is 0 Å². The predicted molar refractivity (Wildman–Crippen MR) is 89.0 cm³/mol. The molecule has 0 aliphatic heterocycles. The van der Waals surface area contributed by atoms with Gasteiger partial charge >= 0.3 is 6.03 Å². The third-order valence-electron chi connectivity index (χ3n) is 4.52. The van der Waals surface area contributed by atoms with Crippen molar-refractivity contribution in [2.75, 3.05) is 13.1 Å². The Bertz CT molecular complexity index is 472. The van der Waals surface area contributed by atoms with Crippen LogP contribution >= 0.6 is 0 Å². The Labute approximate surface area is 133 Å². The number of rotatable bonds is 5. The van der Waals surface area contributed by atoms with Gasteiger partial charge in [-0.25, -0.2) is 4.79 Å². The van der Waals surface area contributed by atoms with E-state index in [1.54, 1.807) is 0 Å². The number of benzene rings is 1. The molecule has 0 aromatic heterocycles. The zero-order valence-electron chi connectivity index (χ0n) is 13.6. The average molecular weight is 304 g/mol. The second kappa shape index (κ2) is 8.18. The highest BCUT2D eigenvalue weighted by Gasteiger charge is 2.20. The summed E-state index contributed by atoms with van der Waals surface area (Å²) in [5.74, 6) is 0.701. The lowest BCUT2D eigenvalue weighted by atomic mass is 9.87. The van der Waals surface area contributed by atoms with E-state index in [0.29, 0.717) is 24.9 Å². The molecule has 0 radical (unpaired) electrons. The number of carbonyl (C=O) groups is 1. The van der Waals surface area contributed by atoms with Gasteiger partial charge in [0.05, 0.1) is 6.10 Å². The molecular formula is C18H28N2O2. The van der Waals surface area contributed by atoms with E-state index in [0.717, 1.165) is 25.7 Å². The molecule has 2 amide bonds. The van der Waals surface area contributed by atoms with Gasteiger partial charge in [-0.2, -0.15) is 0 Å². The quantitative estimate of drug-likeness (QED) is 0.783. The van der Waals surface area contributed by atoms with Crippen LogP contribution in [0.5, 0.6) is 0 Å². The number of amides is 2. The van der Waals surface area contributed by atoms with Crippen molar-refractivity contribution in [3.8, 4) is 0 Å². The molecule has 3 unspecified atom stereocenters. The molecule has 1 aromatic rings. The Morgan fingerprint density at radius 1 is 1.27 bits per heavy atom. The van der Waals surface area contributed by atoms with Crippen molar-refractivity contribution in [1.29, 1.82) is 0 Å². The Morgan fingerprint density at radius 3 is 2.68 bits per heavy atom. The van der Waals surface area contributed by atoms with Gasteiger partial charge in [0.1, 0.15) is 0 Å². The summed E-state index contributed by atoms with van der Waals surface area (Å²) in [6, 6.07) is 8.31. The smallest absolute Gasteiger partial charge is 0.314 e. The van der Waals surface area contributed by atoms with Crippen molar-refractivity contribution in [1.82, 2.24) is 10.6 Å². The number of hydrogen-bond donors (Lipinski definition) is 3. The van der Waals surface area contributed by atoms with Gasteiger partial charge < -0.3 is 15.7 Å². The van der Waals surface area contributed by atoms with Crippen LogP contribution in [0.25, 0.3) is 0 Å². The molecular weight excluding hydrogens is 276 g/mol. The van der Waals surface area contributed by atoms with Crippen LogP contribution in [-0.4, -0.2) is 30.3 Å². The summed E-state index contributed by atoms with van der Waals surface area (Å²) in [4.78, 5) is 11.9. The van der Waals surface area contributed by atoms with Gasteiger partial charge in [-0.3, -0.25) is 0 Å². The van der Waals surface area contributed by atoms with Crippen molar-refractivity contribution in [2.45, 2.75) is 51.6 Å². The summed E-state index contributed by atoms with van der Waals surface area (Å²) >= 11 is 0. The monoisotopic (exact) mass is 304 g/mol. The normalized spacial score (nSPS) is 22.9. The van der Waals surface area contributed by atoms with Crippen LogP contribution in [0.4, 0.5) is 4.79 Å². The molecule has 4 nitrogen and oxygen atoms in total. The van der Waals surface area contributed by atoms with Crippen molar-refractivity contribution in [3.63, 3.8) is 0 Å². The molecule has 22 heavy (non-hydrogen) atoms. The van der Waals surface area contributed by atoms with Crippen molar-refractivity contribution < 1.29 is 9.90 Å². The lowest BCUT2D eigenvalue weighted by Gasteiger charge is -2.26. The fraction of sp³-hybridized carbons (Fsp3) is 0.611. The van der Waals surface area contributed by atoms with Crippen LogP contribution < -0.4 is 10.6 Å². The highest BCUT2D eigenvalue weighted by Crippen LogP contribution is 2.23. The van der Waals surface area contributed by atoms with Crippen LogP contribution in [0.15, 0.2) is 24.3 Å². The Balaban J connectivity index is 1.67. The maximum Gasteiger partial charge on any atom is 0.314 e. The van der Waals surface area contributed by atoms with E-state index in [4.69, 9.17) is 0 Å². The first-order chi connectivity index (χ1) is 10.5. The van der Waals surface area contributed by atoms with E-state index in [1.165, 1.54) is 11.1 Å². The summed E-state index contributed by atoms with van der Waals surface area (Å²) in [5, 5.41) is 15.5. The predicted octanol–water partition coefficient (Wildman–Crippen LogP) is 2.95. The van der Waals surface area contributed by atoms with E-state index in [9.17, 15) is 9.90 Å². The number of hydrogen-bond acceptors (Lipinski definition) is 2. The van der Waals surface area contributed by atoms with Crippen molar-refractivity contribution in [2.24, 2.45) is 5.92 Å². The number of aliphatic hydroxyl groups excluding tert-OH is 1. The first-order valence-electron chi connectivity index (χ1n) is 8.31.